The Bertz CT molecular complexity index is 225. The first kappa shape index (κ1) is 18.3. The summed E-state index contributed by atoms with van der Waals surface area (Å²) in [5.74, 6) is -0.336. The van der Waals surface area contributed by atoms with E-state index in [1.165, 1.54) is 6.08 Å². The molecule has 19 heavy (non-hydrogen) atoms. The van der Waals surface area contributed by atoms with Crippen molar-refractivity contribution in [2.75, 3.05) is 19.8 Å². The van der Waals surface area contributed by atoms with E-state index in [0.717, 1.165) is 44.6 Å². The SMILES string of the molecule is C=CC(=O)OCCC[SiH2]CC(OCCC)OCCC. The van der Waals surface area contributed by atoms with E-state index in [1.807, 2.05) is 0 Å². The van der Waals surface area contributed by atoms with Crippen LogP contribution in [0, 0.1) is 0 Å². The maximum Gasteiger partial charge on any atom is 0.330 e. The monoisotopic (exact) mass is 288 g/mol. The van der Waals surface area contributed by atoms with E-state index in [2.05, 4.69) is 20.4 Å². The number of carbonyl (C=O) groups excluding carboxylic acids is 1. The Balaban J connectivity index is 3.55. The van der Waals surface area contributed by atoms with E-state index in [0.29, 0.717) is 6.61 Å². The third kappa shape index (κ3) is 12.1. The third-order valence-corrected chi connectivity index (χ3v) is 4.39. The molecule has 0 saturated carbocycles. The molecule has 0 spiro atoms. The van der Waals surface area contributed by atoms with E-state index in [9.17, 15) is 4.79 Å². The Hall–Kier alpha value is -0.653. The van der Waals surface area contributed by atoms with Gasteiger partial charge in [0, 0.05) is 28.8 Å². The lowest BCUT2D eigenvalue weighted by Gasteiger charge is -2.17. The second-order valence-corrected chi connectivity index (χ2v) is 6.38. The van der Waals surface area contributed by atoms with Gasteiger partial charge in [0.05, 0.1) is 6.61 Å². The lowest BCUT2D eigenvalue weighted by atomic mass is 10.5. The molecule has 0 atom stereocenters. The minimum absolute atomic E-state index is 0.0257. The lowest BCUT2D eigenvalue weighted by molar-refractivity contribution is -0.137. The smallest absolute Gasteiger partial charge is 0.330 e. The van der Waals surface area contributed by atoms with Crippen LogP contribution in [0.3, 0.4) is 0 Å². The molecule has 0 aromatic heterocycles. The van der Waals surface area contributed by atoms with E-state index in [4.69, 9.17) is 14.2 Å². The molecular formula is C14H28O4Si. The average molecular weight is 288 g/mol. The predicted octanol–water partition coefficient (Wildman–Crippen LogP) is 2.29. The van der Waals surface area contributed by atoms with Crippen molar-refractivity contribution in [1.82, 2.24) is 0 Å². The molecule has 0 aliphatic rings. The molecular weight excluding hydrogens is 260 g/mol. The minimum Gasteiger partial charge on any atom is -0.463 e. The van der Waals surface area contributed by atoms with Crippen LogP contribution in [-0.4, -0.2) is 41.6 Å². The van der Waals surface area contributed by atoms with Gasteiger partial charge in [-0.1, -0.05) is 26.5 Å². The van der Waals surface area contributed by atoms with Crippen LogP contribution in [0.2, 0.25) is 12.1 Å². The van der Waals surface area contributed by atoms with Crippen LogP contribution in [0.1, 0.15) is 33.1 Å². The van der Waals surface area contributed by atoms with Crippen molar-refractivity contribution in [3.63, 3.8) is 0 Å². The highest BCUT2D eigenvalue weighted by atomic mass is 28.2. The number of hydrogen-bond acceptors (Lipinski definition) is 4. The zero-order valence-electron chi connectivity index (χ0n) is 12.4. The maximum atomic E-state index is 10.8. The Labute approximate surface area is 119 Å². The van der Waals surface area contributed by atoms with Crippen molar-refractivity contribution in [2.24, 2.45) is 0 Å². The molecule has 0 rings (SSSR count). The Morgan fingerprint density at radius 1 is 1.21 bits per heavy atom. The van der Waals surface area contributed by atoms with Crippen LogP contribution in [0.4, 0.5) is 0 Å². The molecule has 0 radical (unpaired) electrons. The van der Waals surface area contributed by atoms with Gasteiger partial charge in [-0.25, -0.2) is 4.79 Å². The highest BCUT2D eigenvalue weighted by Gasteiger charge is 2.08. The zero-order valence-corrected chi connectivity index (χ0v) is 13.8. The Morgan fingerprint density at radius 3 is 2.37 bits per heavy atom. The van der Waals surface area contributed by atoms with Gasteiger partial charge in [-0.3, -0.25) is 0 Å². The second kappa shape index (κ2) is 13.8. The van der Waals surface area contributed by atoms with E-state index >= 15 is 0 Å². The van der Waals surface area contributed by atoms with Gasteiger partial charge in [0.2, 0.25) is 0 Å². The molecule has 0 saturated heterocycles. The largest absolute Gasteiger partial charge is 0.463 e. The normalized spacial score (nSPS) is 11.3. The average Bonchev–Trinajstić information content (AvgIpc) is 2.44. The van der Waals surface area contributed by atoms with Gasteiger partial charge in [-0.15, -0.1) is 0 Å². The maximum absolute atomic E-state index is 10.8. The summed E-state index contributed by atoms with van der Waals surface area (Å²) in [4.78, 5) is 10.8. The van der Waals surface area contributed by atoms with Crippen LogP contribution in [0.25, 0.3) is 0 Å². The fourth-order valence-electron chi connectivity index (χ4n) is 1.53. The summed E-state index contributed by atoms with van der Waals surface area (Å²) in [7, 11) is -0.210. The van der Waals surface area contributed by atoms with Crippen molar-refractivity contribution in [3.8, 4) is 0 Å². The van der Waals surface area contributed by atoms with E-state index in [-0.39, 0.29) is 21.8 Å². The van der Waals surface area contributed by atoms with Gasteiger partial charge >= 0.3 is 5.97 Å². The van der Waals surface area contributed by atoms with Gasteiger partial charge < -0.3 is 14.2 Å². The molecule has 0 aliphatic carbocycles. The molecule has 0 aromatic carbocycles. The zero-order chi connectivity index (χ0) is 14.3. The number of rotatable bonds is 13. The van der Waals surface area contributed by atoms with Gasteiger partial charge in [0.15, 0.2) is 6.29 Å². The Morgan fingerprint density at radius 2 is 1.84 bits per heavy atom. The molecule has 112 valence electrons. The first-order chi connectivity index (χ1) is 9.24. The summed E-state index contributed by atoms with van der Waals surface area (Å²) in [5, 5.41) is 0. The van der Waals surface area contributed by atoms with Gasteiger partial charge in [0.1, 0.15) is 0 Å². The van der Waals surface area contributed by atoms with Crippen LogP contribution < -0.4 is 0 Å². The van der Waals surface area contributed by atoms with Crippen molar-refractivity contribution >= 4 is 15.5 Å². The molecule has 0 aliphatic heterocycles. The Kier molecular flexibility index (Phi) is 13.3. The molecule has 5 heteroatoms. The fraction of sp³-hybridized carbons (Fsp3) is 0.786. The second-order valence-electron chi connectivity index (χ2n) is 4.39. The molecule has 0 bridgehead atoms. The van der Waals surface area contributed by atoms with Crippen LogP contribution in [0.5, 0.6) is 0 Å². The first-order valence-electron chi connectivity index (χ1n) is 7.27. The number of carbonyl (C=O) groups is 1. The van der Waals surface area contributed by atoms with Crippen LogP contribution in [0.15, 0.2) is 12.7 Å². The van der Waals surface area contributed by atoms with Crippen molar-refractivity contribution in [1.29, 1.82) is 0 Å². The summed E-state index contributed by atoms with van der Waals surface area (Å²) in [6.45, 7) is 9.58. The standard InChI is InChI=1S/C14H28O4Si/c1-4-8-17-14(18-9-5-2)12-19-11-7-10-16-13(15)6-3/h6,14H,3-5,7-12,19H2,1-2H3. The quantitative estimate of drug-likeness (QED) is 0.171. The minimum atomic E-state index is -0.336. The third-order valence-electron chi connectivity index (χ3n) is 2.51. The molecule has 0 heterocycles. The van der Waals surface area contributed by atoms with Crippen molar-refractivity contribution in [3.05, 3.63) is 12.7 Å². The predicted molar refractivity (Wildman–Crippen MR) is 80.2 cm³/mol. The fourth-order valence-corrected chi connectivity index (χ4v) is 3.05. The van der Waals surface area contributed by atoms with Gasteiger partial charge in [0.25, 0.3) is 0 Å². The molecule has 4 nitrogen and oxygen atoms in total. The number of hydrogen-bond donors (Lipinski definition) is 0. The highest BCUT2D eigenvalue weighted by Crippen LogP contribution is 2.05. The van der Waals surface area contributed by atoms with E-state index < -0.39 is 0 Å². The summed E-state index contributed by atoms with van der Waals surface area (Å²) >= 11 is 0. The van der Waals surface area contributed by atoms with Crippen LogP contribution >= 0.6 is 0 Å². The van der Waals surface area contributed by atoms with Gasteiger partial charge in [-0.05, 0) is 25.3 Å². The molecule has 0 amide bonds. The lowest BCUT2D eigenvalue weighted by Crippen LogP contribution is -2.20. The van der Waals surface area contributed by atoms with E-state index in [1.54, 1.807) is 0 Å². The topological polar surface area (TPSA) is 44.8 Å². The van der Waals surface area contributed by atoms with Crippen LogP contribution in [-0.2, 0) is 19.0 Å². The summed E-state index contributed by atoms with van der Waals surface area (Å²) in [6, 6.07) is 2.18. The molecule has 0 N–H and O–H groups in total. The summed E-state index contributed by atoms with van der Waals surface area (Å²) in [6.07, 6.45) is 4.14. The summed E-state index contributed by atoms with van der Waals surface area (Å²) < 4.78 is 16.3. The molecule has 0 fully saturated rings. The number of esters is 1. The summed E-state index contributed by atoms with van der Waals surface area (Å²) in [5.41, 5.74) is 0. The van der Waals surface area contributed by atoms with Gasteiger partial charge in [-0.2, -0.15) is 0 Å². The molecule has 0 aromatic rings. The van der Waals surface area contributed by atoms with Crippen molar-refractivity contribution < 1.29 is 19.0 Å². The number of ether oxygens (including phenoxy) is 3. The highest BCUT2D eigenvalue weighted by molar-refractivity contribution is 6.35. The van der Waals surface area contributed by atoms with Crippen molar-refractivity contribution in [2.45, 2.75) is 51.5 Å². The molecule has 0 unspecified atom stereocenters. The first-order valence-corrected chi connectivity index (χ1v) is 9.27.